The summed E-state index contributed by atoms with van der Waals surface area (Å²) in [6, 6.07) is 5.05. The Kier molecular flexibility index (Phi) is 6.61. The van der Waals surface area contributed by atoms with E-state index in [9.17, 15) is 4.39 Å². The third kappa shape index (κ3) is 5.05. The molecule has 0 bridgehead atoms. The fourth-order valence-electron chi connectivity index (χ4n) is 1.44. The summed E-state index contributed by atoms with van der Waals surface area (Å²) in [6.45, 7) is 5.75. The van der Waals surface area contributed by atoms with E-state index in [1.54, 1.807) is 6.07 Å². The van der Waals surface area contributed by atoms with E-state index in [2.05, 4.69) is 33.5 Å². The summed E-state index contributed by atoms with van der Waals surface area (Å²) in [7, 11) is 0. The molecule has 2 nitrogen and oxygen atoms in total. The van der Waals surface area contributed by atoms with Crippen molar-refractivity contribution in [3.63, 3.8) is 0 Å². The lowest BCUT2D eigenvalue weighted by atomic mass is 10.1. The highest BCUT2D eigenvalue weighted by Gasteiger charge is 2.01. The molecule has 0 heterocycles. The first kappa shape index (κ1) is 13.6. The molecule has 0 saturated heterocycles. The van der Waals surface area contributed by atoms with Crippen LogP contribution in [0.15, 0.2) is 22.7 Å². The smallest absolute Gasteiger partial charge is 0.126 e. The van der Waals surface area contributed by atoms with Gasteiger partial charge in [-0.2, -0.15) is 0 Å². The van der Waals surface area contributed by atoms with Crippen molar-refractivity contribution in [2.75, 3.05) is 26.2 Å². The molecular weight excluding hydrogens is 271 g/mol. The standard InChI is InChI=1S/C12H18BrFN2/c1-2-15-7-8-16-6-5-10-9-11(13)3-4-12(10)14/h3-4,9,15-16H,2,5-8H2,1H3. The van der Waals surface area contributed by atoms with Crippen molar-refractivity contribution in [3.05, 3.63) is 34.1 Å². The second-order valence-corrected chi connectivity index (χ2v) is 4.50. The monoisotopic (exact) mass is 288 g/mol. The normalized spacial score (nSPS) is 10.7. The summed E-state index contributed by atoms with van der Waals surface area (Å²) in [6.07, 6.45) is 0.720. The molecule has 0 amide bonds. The first-order chi connectivity index (χ1) is 7.74. The van der Waals surface area contributed by atoms with Gasteiger partial charge in [-0.15, -0.1) is 0 Å². The maximum absolute atomic E-state index is 13.3. The quantitative estimate of drug-likeness (QED) is 0.753. The Labute approximate surface area is 105 Å². The minimum absolute atomic E-state index is 0.128. The molecule has 2 N–H and O–H groups in total. The maximum Gasteiger partial charge on any atom is 0.126 e. The Morgan fingerprint density at radius 2 is 1.94 bits per heavy atom. The molecule has 0 atom stereocenters. The molecule has 0 unspecified atom stereocenters. The highest BCUT2D eigenvalue weighted by atomic mass is 79.9. The van der Waals surface area contributed by atoms with Crippen molar-refractivity contribution in [3.8, 4) is 0 Å². The molecule has 1 aromatic carbocycles. The zero-order chi connectivity index (χ0) is 11.8. The SMILES string of the molecule is CCNCCNCCc1cc(Br)ccc1F. The fraction of sp³-hybridized carbons (Fsp3) is 0.500. The average molecular weight is 289 g/mol. The summed E-state index contributed by atoms with van der Waals surface area (Å²) >= 11 is 3.34. The van der Waals surface area contributed by atoms with Gasteiger partial charge in [-0.1, -0.05) is 22.9 Å². The van der Waals surface area contributed by atoms with Gasteiger partial charge < -0.3 is 10.6 Å². The van der Waals surface area contributed by atoms with Gasteiger partial charge in [0.2, 0.25) is 0 Å². The minimum atomic E-state index is -0.128. The van der Waals surface area contributed by atoms with Crippen LogP contribution in [0.2, 0.25) is 0 Å². The van der Waals surface area contributed by atoms with E-state index in [1.807, 2.05) is 6.07 Å². The molecule has 1 rings (SSSR count). The van der Waals surface area contributed by atoms with Crippen molar-refractivity contribution in [1.29, 1.82) is 0 Å². The molecule has 0 fully saturated rings. The summed E-state index contributed by atoms with van der Waals surface area (Å²) < 4.78 is 14.3. The van der Waals surface area contributed by atoms with E-state index in [-0.39, 0.29) is 5.82 Å². The van der Waals surface area contributed by atoms with Crippen LogP contribution in [0.25, 0.3) is 0 Å². The third-order valence-corrected chi connectivity index (χ3v) is 2.80. The first-order valence-corrected chi connectivity index (χ1v) is 6.38. The summed E-state index contributed by atoms with van der Waals surface area (Å²) in [5, 5.41) is 6.49. The van der Waals surface area contributed by atoms with Crippen LogP contribution >= 0.6 is 15.9 Å². The Morgan fingerprint density at radius 3 is 2.69 bits per heavy atom. The van der Waals surface area contributed by atoms with Crippen molar-refractivity contribution >= 4 is 15.9 Å². The molecule has 0 aromatic heterocycles. The Bertz CT molecular complexity index is 318. The molecule has 0 radical (unpaired) electrons. The highest BCUT2D eigenvalue weighted by Crippen LogP contribution is 2.15. The average Bonchev–Trinajstić information content (AvgIpc) is 2.28. The second kappa shape index (κ2) is 7.76. The fourth-order valence-corrected chi connectivity index (χ4v) is 1.85. The third-order valence-electron chi connectivity index (χ3n) is 2.31. The number of nitrogens with one attached hydrogen (secondary N) is 2. The van der Waals surface area contributed by atoms with Crippen LogP contribution in [-0.2, 0) is 6.42 Å². The number of rotatable bonds is 7. The van der Waals surface area contributed by atoms with Crippen LogP contribution in [-0.4, -0.2) is 26.2 Å². The molecule has 1 aromatic rings. The lowest BCUT2D eigenvalue weighted by Gasteiger charge is -2.06. The molecule has 0 spiro atoms. The second-order valence-electron chi connectivity index (χ2n) is 3.59. The molecule has 4 heteroatoms. The van der Waals surface area contributed by atoms with Crippen LogP contribution in [0.1, 0.15) is 12.5 Å². The van der Waals surface area contributed by atoms with Crippen LogP contribution in [0.3, 0.4) is 0 Å². The van der Waals surface area contributed by atoms with E-state index in [1.165, 1.54) is 6.07 Å². The Morgan fingerprint density at radius 1 is 1.19 bits per heavy atom. The predicted molar refractivity (Wildman–Crippen MR) is 69.2 cm³/mol. The van der Waals surface area contributed by atoms with Gasteiger partial charge in [0.15, 0.2) is 0 Å². The predicted octanol–water partition coefficient (Wildman–Crippen LogP) is 2.33. The van der Waals surface area contributed by atoms with Gasteiger partial charge in [0.05, 0.1) is 0 Å². The molecule has 0 aliphatic carbocycles. The molecule has 0 saturated carbocycles. The lowest BCUT2D eigenvalue weighted by molar-refractivity contribution is 0.589. The van der Waals surface area contributed by atoms with Crippen LogP contribution in [0.4, 0.5) is 4.39 Å². The van der Waals surface area contributed by atoms with Crippen molar-refractivity contribution in [2.24, 2.45) is 0 Å². The van der Waals surface area contributed by atoms with Gasteiger partial charge in [0, 0.05) is 17.6 Å². The van der Waals surface area contributed by atoms with E-state index in [0.717, 1.165) is 42.6 Å². The van der Waals surface area contributed by atoms with E-state index in [0.29, 0.717) is 0 Å². The van der Waals surface area contributed by atoms with Gasteiger partial charge >= 0.3 is 0 Å². The summed E-state index contributed by atoms with van der Waals surface area (Å²) in [5.74, 6) is -0.128. The minimum Gasteiger partial charge on any atom is -0.316 e. The van der Waals surface area contributed by atoms with Gasteiger partial charge in [0.25, 0.3) is 0 Å². The maximum atomic E-state index is 13.3. The van der Waals surface area contributed by atoms with Crippen LogP contribution in [0, 0.1) is 5.82 Å². The number of hydrogen-bond donors (Lipinski definition) is 2. The Balaban J connectivity index is 2.23. The van der Waals surface area contributed by atoms with Crippen molar-refractivity contribution < 1.29 is 4.39 Å². The van der Waals surface area contributed by atoms with Gasteiger partial charge in [0.1, 0.15) is 5.82 Å². The molecule has 0 aliphatic heterocycles. The number of likely N-dealkylation sites (N-methyl/N-ethyl adjacent to an activating group) is 1. The highest BCUT2D eigenvalue weighted by molar-refractivity contribution is 9.10. The molecule has 16 heavy (non-hydrogen) atoms. The summed E-state index contributed by atoms with van der Waals surface area (Å²) in [4.78, 5) is 0. The first-order valence-electron chi connectivity index (χ1n) is 5.59. The summed E-state index contributed by atoms with van der Waals surface area (Å²) in [5.41, 5.74) is 0.755. The van der Waals surface area contributed by atoms with Crippen LogP contribution < -0.4 is 10.6 Å². The number of halogens is 2. The largest absolute Gasteiger partial charge is 0.316 e. The van der Waals surface area contributed by atoms with E-state index in [4.69, 9.17) is 0 Å². The van der Waals surface area contributed by atoms with Crippen LogP contribution in [0.5, 0.6) is 0 Å². The van der Waals surface area contributed by atoms with Gasteiger partial charge in [-0.05, 0) is 43.3 Å². The van der Waals surface area contributed by atoms with E-state index < -0.39 is 0 Å². The topological polar surface area (TPSA) is 24.1 Å². The number of benzene rings is 1. The zero-order valence-electron chi connectivity index (χ0n) is 9.52. The lowest BCUT2D eigenvalue weighted by Crippen LogP contribution is -2.28. The van der Waals surface area contributed by atoms with Crippen molar-refractivity contribution in [1.82, 2.24) is 10.6 Å². The molecular formula is C12H18BrFN2. The van der Waals surface area contributed by atoms with Gasteiger partial charge in [-0.3, -0.25) is 0 Å². The van der Waals surface area contributed by atoms with E-state index >= 15 is 0 Å². The Hall–Kier alpha value is -0.450. The number of hydrogen-bond acceptors (Lipinski definition) is 2. The van der Waals surface area contributed by atoms with Gasteiger partial charge in [-0.25, -0.2) is 4.39 Å². The zero-order valence-corrected chi connectivity index (χ0v) is 11.1. The van der Waals surface area contributed by atoms with Crippen molar-refractivity contribution in [2.45, 2.75) is 13.3 Å². The molecule has 0 aliphatic rings. The molecule has 90 valence electrons.